The lowest BCUT2D eigenvalue weighted by Gasteiger charge is -2.21. The molecule has 3 heteroatoms. The minimum absolute atomic E-state index is 0.218. The van der Waals surface area contributed by atoms with Crippen molar-refractivity contribution in [3.8, 4) is 0 Å². The van der Waals surface area contributed by atoms with Crippen molar-refractivity contribution in [1.29, 1.82) is 0 Å². The monoisotopic (exact) mass is 269 g/mol. The van der Waals surface area contributed by atoms with Gasteiger partial charge >= 0.3 is 0 Å². The van der Waals surface area contributed by atoms with E-state index in [1.807, 2.05) is 6.07 Å². The van der Waals surface area contributed by atoms with E-state index in [1.165, 1.54) is 18.9 Å². The van der Waals surface area contributed by atoms with Gasteiger partial charge in [-0.2, -0.15) is 0 Å². The van der Waals surface area contributed by atoms with Gasteiger partial charge in [-0.1, -0.05) is 37.4 Å². The summed E-state index contributed by atoms with van der Waals surface area (Å²) in [7, 11) is 0. The van der Waals surface area contributed by atoms with Crippen LogP contribution in [0.3, 0.4) is 0 Å². The predicted octanol–water partition coefficient (Wildman–Crippen LogP) is 4.63. The summed E-state index contributed by atoms with van der Waals surface area (Å²) < 4.78 is 13.4. The van der Waals surface area contributed by atoms with Gasteiger partial charge < -0.3 is 5.32 Å². The van der Waals surface area contributed by atoms with Crippen molar-refractivity contribution >= 4 is 11.6 Å². The Kier molecular flexibility index (Phi) is 4.63. The van der Waals surface area contributed by atoms with E-state index in [4.69, 9.17) is 11.6 Å². The van der Waals surface area contributed by atoms with Gasteiger partial charge in [0.2, 0.25) is 0 Å². The zero-order valence-corrected chi connectivity index (χ0v) is 11.9. The Morgan fingerprint density at radius 1 is 1.44 bits per heavy atom. The summed E-state index contributed by atoms with van der Waals surface area (Å²) >= 11 is 6.20. The van der Waals surface area contributed by atoms with Crippen molar-refractivity contribution in [2.75, 3.05) is 6.54 Å². The van der Waals surface area contributed by atoms with Crippen LogP contribution in [0.15, 0.2) is 12.1 Å². The second-order valence-electron chi connectivity index (χ2n) is 5.31. The predicted molar refractivity (Wildman–Crippen MR) is 74.5 cm³/mol. The topological polar surface area (TPSA) is 12.0 Å². The van der Waals surface area contributed by atoms with Gasteiger partial charge in [0, 0.05) is 11.1 Å². The van der Waals surface area contributed by atoms with E-state index in [0.29, 0.717) is 10.6 Å². The van der Waals surface area contributed by atoms with E-state index in [9.17, 15) is 4.39 Å². The maximum Gasteiger partial charge on any atom is 0.127 e. The molecule has 100 valence electrons. The first-order chi connectivity index (χ1) is 8.61. The Morgan fingerprint density at radius 3 is 2.78 bits per heavy atom. The van der Waals surface area contributed by atoms with E-state index in [-0.39, 0.29) is 11.9 Å². The fourth-order valence-corrected chi connectivity index (χ4v) is 2.55. The van der Waals surface area contributed by atoms with Crippen molar-refractivity contribution in [2.45, 2.75) is 45.6 Å². The average Bonchev–Trinajstić information content (AvgIpc) is 3.13. The maximum atomic E-state index is 13.4. The highest BCUT2D eigenvalue weighted by Gasteiger charge is 2.27. The third kappa shape index (κ3) is 3.46. The van der Waals surface area contributed by atoms with Gasteiger partial charge in [0.05, 0.1) is 0 Å². The average molecular weight is 270 g/mol. The molecule has 0 aromatic heterocycles. The molecule has 1 aromatic rings. The number of benzene rings is 1. The van der Waals surface area contributed by atoms with E-state index < -0.39 is 0 Å². The molecule has 0 aliphatic heterocycles. The quantitative estimate of drug-likeness (QED) is 0.794. The van der Waals surface area contributed by atoms with Gasteiger partial charge in [0.25, 0.3) is 0 Å². The Hall–Kier alpha value is -0.600. The first kappa shape index (κ1) is 13.8. The highest BCUT2D eigenvalue weighted by molar-refractivity contribution is 6.31. The number of halogens is 2. The molecule has 0 saturated heterocycles. The molecule has 1 nitrogen and oxygen atoms in total. The van der Waals surface area contributed by atoms with E-state index >= 15 is 0 Å². The van der Waals surface area contributed by atoms with Crippen LogP contribution in [0.1, 0.15) is 49.8 Å². The molecule has 2 rings (SSSR count). The fraction of sp³-hybridized carbons (Fsp3) is 0.600. The lowest BCUT2D eigenvalue weighted by molar-refractivity contribution is 0.473. The second kappa shape index (κ2) is 6.03. The van der Waals surface area contributed by atoms with Gasteiger partial charge in [-0.15, -0.1) is 0 Å². The van der Waals surface area contributed by atoms with Crippen LogP contribution in [-0.4, -0.2) is 6.54 Å². The molecule has 1 aliphatic carbocycles. The Labute approximate surface area is 114 Å². The molecule has 0 spiro atoms. The molecule has 1 N–H and O–H groups in total. The van der Waals surface area contributed by atoms with Crippen LogP contribution >= 0.6 is 11.6 Å². The number of rotatable bonds is 6. The smallest absolute Gasteiger partial charge is 0.127 e. The first-order valence-corrected chi connectivity index (χ1v) is 7.18. The minimum Gasteiger partial charge on any atom is -0.310 e. The molecule has 0 heterocycles. The molecule has 1 aromatic carbocycles. The largest absolute Gasteiger partial charge is 0.310 e. The van der Waals surface area contributed by atoms with Gasteiger partial charge in [0.1, 0.15) is 5.82 Å². The van der Waals surface area contributed by atoms with E-state index in [0.717, 1.165) is 30.9 Å². The van der Waals surface area contributed by atoms with Gasteiger partial charge in [0.15, 0.2) is 0 Å². The molecule has 1 fully saturated rings. The standard InChI is InChI=1S/C15H21ClFN/c1-3-6-18-15(8-11-4-5-11)12-7-10(2)14(17)9-13(12)16/h7,9,11,15,18H,3-6,8H2,1-2H3. The molecule has 1 saturated carbocycles. The van der Waals surface area contributed by atoms with Crippen molar-refractivity contribution in [3.05, 3.63) is 34.1 Å². The normalized spacial score (nSPS) is 16.9. The second-order valence-corrected chi connectivity index (χ2v) is 5.72. The fourth-order valence-electron chi connectivity index (χ4n) is 2.27. The minimum atomic E-state index is -0.218. The highest BCUT2D eigenvalue weighted by Crippen LogP contribution is 2.39. The summed E-state index contributed by atoms with van der Waals surface area (Å²) in [4.78, 5) is 0. The number of nitrogens with one attached hydrogen (secondary N) is 1. The van der Waals surface area contributed by atoms with Crippen LogP contribution in [0.5, 0.6) is 0 Å². The molecule has 1 unspecified atom stereocenters. The van der Waals surface area contributed by atoms with Crippen LogP contribution < -0.4 is 5.32 Å². The van der Waals surface area contributed by atoms with Gasteiger partial charge in [-0.3, -0.25) is 0 Å². The van der Waals surface area contributed by atoms with Crippen LogP contribution in [0, 0.1) is 18.7 Å². The zero-order valence-electron chi connectivity index (χ0n) is 11.1. The SMILES string of the molecule is CCCNC(CC1CC1)c1cc(C)c(F)cc1Cl. The van der Waals surface area contributed by atoms with Crippen molar-refractivity contribution in [3.63, 3.8) is 0 Å². The van der Waals surface area contributed by atoms with Crippen molar-refractivity contribution in [2.24, 2.45) is 5.92 Å². The van der Waals surface area contributed by atoms with Gasteiger partial charge in [-0.05, 0) is 49.4 Å². The maximum absolute atomic E-state index is 13.4. The van der Waals surface area contributed by atoms with Crippen molar-refractivity contribution in [1.82, 2.24) is 5.32 Å². The molecule has 1 aliphatic rings. The van der Waals surface area contributed by atoms with Crippen molar-refractivity contribution < 1.29 is 4.39 Å². The molecule has 18 heavy (non-hydrogen) atoms. The van der Waals surface area contributed by atoms with E-state index in [2.05, 4.69) is 12.2 Å². The highest BCUT2D eigenvalue weighted by atomic mass is 35.5. The molecule has 0 amide bonds. The number of hydrogen-bond donors (Lipinski definition) is 1. The summed E-state index contributed by atoms with van der Waals surface area (Å²) in [6.07, 6.45) is 4.86. The Bertz CT molecular complexity index is 415. The zero-order chi connectivity index (χ0) is 13.1. The first-order valence-electron chi connectivity index (χ1n) is 6.80. The van der Waals surface area contributed by atoms with Crippen LogP contribution in [0.2, 0.25) is 5.02 Å². The lowest BCUT2D eigenvalue weighted by Crippen LogP contribution is -2.23. The Morgan fingerprint density at radius 2 is 2.17 bits per heavy atom. The van der Waals surface area contributed by atoms with Gasteiger partial charge in [-0.25, -0.2) is 4.39 Å². The molecular formula is C15H21ClFN. The number of hydrogen-bond acceptors (Lipinski definition) is 1. The summed E-state index contributed by atoms with van der Waals surface area (Å²) in [5.74, 6) is 0.602. The van der Waals surface area contributed by atoms with Crippen LogP contribution in [-0.2, 0) is 0 Å². The molecule has 1 atom stereocenters. The summed E-state index contributed by atoms with van der Waals surface area (Å²) in [6, 6.07) is 3.61. The Balaban J connectivity index is 2.19. The molecular weight excluding hydrogens is 249 g/mol. The molecule has 0 radical (unpaired) electrons. The van der Waals surface area contributed by atoms with E-state index in [1.54, 1.807) is 6.92 Å². The number of aryl methyl sites for hydroxylation is 1. The summed E-state index contributed by atoms with van der Waals surface area (Å²) in [6.45, 7) is 4.92. The lowest BCUT2D eigenvalue weighted by atomic mass is 9.99. The summed E-state index contributed by atoms with van der Waals surface area (Å²) in [5.41, 5.74) is 1.73. The van der Waals surface area contributed by atoms with Crippen LogP contribution in [0.25, 0.3) is 0 Å². The molecule has 0 bridgehead atoms. The van der Waals surface area contributed by atoms with Crippen LogP contribution in [0.4, 0.5) is 4.39 Å². The summed E-state index contributed by atoms with van der Waals surface area (Å²) in [5, 5.41) is 4.09. The third-order valence-electron chi connectivity index (χ3n) is 3.56. The third-order valence-corrected chi connectivity index (χ3v) is 3.89.